The number of aryl methyl sites for hydroxylation is 1. The molecule has 5 rings (SSSR count). The molecule has 0 N–H and O–H groups in total. The van der Waals surface area contributed by atoms with E-state index >= 15 is 0 Å². The molecule has 0 aliphatic carbocycles. The van der Waals surface area contributed by atoms with Gasteiger partial charge in [0.25, 0.3) is 0 Å². The molecule has 0 atom stereocenters. The van der Waals surface area contributed by atoms with Gasteiger partial charge in [-0.25, -0.2) is 9.97 Å². The summed E-state index contributed by atoms with van der Waals surface area (Å²) in [6.07, 6.45) is 9.05. The van der Waals surface area contributed by atoms with Crippen molar-refractivity contribution in [2.45, 2.75) is 13.5 Å². The van der Waals surface area contributed by atoms with Crippen LogP contribution in [0.15, 0.2) is 85.3 Å². The van der Waals surface area contributed by atoms with Gasteiger partial charge >= 0.3 is 0 Å². The van der Waals surface area contributed by atoms with Crippen LogP contribution in [0.1, 0.15) is 16.7 Å². The predicted octanol–water partition coefficient (Wildman–Crippen LogP) is 4.06. The minimum atomic E-state index is 0.00398. The summed E-state index contributed by atoms with van der Waals surface area (Å²) in [5.74, 6) is 0.716. The van der Waals surface area contributed by atoms with Crippen molar-refractivity contribution in [3.8, 4) is 11.3 Å². The quantitative estimate of drug-likeness (QED) is 0.403. The molecular formula is C28H28N6O. The van der Waals surface area contributed by atoms with Gasteiger partial charge in [0.1, 0.15) is 0 Å². The fourth-order valence-electron chi connectivity index (χ4n) is 4.19. The van der Waals surface area contributed by atoms with E-state index in [1.807, 2.05) is 40.1 Å². The van der Waals surface area contributed by atoms with E-state index in [-0.39, 0.29) is 5.91 Å². The minimum absolute atomic E-state index is 0.00398. The average molecular weight is 465 g/mol. The van der Waals surface area contributed by atoms with E-state index in [0.717, 1.165) is 16.8 Å². The minimum Gasteiger partial charge on any atom is -0.337 e. The second-order valence-corrected chi connectivity index (χ2v) is 8.68. The van der Waals surface area contributed by atoms with Gasteiger partial charge in [-0.3, -0.25) is 9.48 Å². The van der Waals surface area contributed by atoms with Crippen molar-refractivity contribution < 1.29 is 4.79 Å². The van der Waals surface area contributed by atoms with Gasteiger partial charge in [-0.05, 0) is 24.6 Å². The van der Waals surface area contributed by atoms with Gasteiger partial charge in [-0.15, -0.1) is 0 Å². The number of aromatic nitrogens is 4. The lowest BCUT2D eigenvalue weighted by molar-refractivity contribution is -0.126. The van der Waals surface area contributed by atoms with E-state index in [1.165, 1.54) is 11.1 Å². The van der Waals surface area contributed by atoms with Crippen LogP contribution in [0.25, 0.3) is 17.3 Å². The van der Waals surface area contributed by atoms with E-state index in [2.05, 4.69) is 58.2 Å². The molecule has 7 heteroatoms. The molecule has 0 bridgehead atoms. The molecule has 1 saturated heterocycles. The lowest BCUT2D eigenvalue weighted by Crippen LogP contribution is -2.48. The van der Waals surface area contributed by atoms with Crippen molar-refractivity contribution in [2.75, 3.05) is 31.1 Å². The Morgan fingerprint density at radius 3 is 2.34 bits per heavy atom. The second kappa shape index (κ2) is 10.3. The molecule has 176 valence electrons. The molecule has 0 saturated carbocycles. The fourth-order valence-corrected chi connectivity index (χ4v) is 4.19. The van der Waals surface area contributed by atoms with Crippen LogP contribution in [0, 0.1) is 6.92 Å². The number of anilines is 1. The first kappa shape index (κ1) is 22.5. The van der Waals surface area contributed by atoms with Crippen LogP contribution < -0.4 is 4.90 Å². The summed E-state index contributed by atoms with van der Waals surface area (Å²) in [5, 5.41) is 4.86. The Hall–Kier alpha value is -4.26. The van der Waals surface area contributed by atoms with Crippen molar-refractivity contribution in [2.24, 2.45) is 0 Å². The highest BCUT2D eigenvalue weighted by Crippen LogP contribution is 2.24. The molecule has 1 fully saturated rings. The number of benzene rings is 2. The number of piperazine rings is 1. The molecule has 35 heavy (non-hydrogen) atoms. The van der Waals surface area contributed by atoms with Crippen LogP contribution in [0.3, 0.4) is 0 Å². The first-order valence-corrected chi connectivity index (χ1v) is 11.8. The third-order valence-electron chi connectivity index (χ3n) is 6.13. The van der Waals surface area contributed by atoms with E-state index in [9.17, 15) is 4.79 Å². The van der Waals surface area contributed by atoms with Gasteiger partial charge in [0.2, 0.25) is 11.9 Å². The maximum Gasteiger partial charge on any atom is 0.246 e. The molecule has 0 radical (unpaired) electrons. The van der Waals surface area contributed by atoms with Crippen molar-refractivity contribution in [3.63, 3.8) is 0 Å². The van der Waals surface area contributed by atoms with Gasteiger partial charge in [0.05, 0.1) is 12.2 Å². The van der Waals surface area contributed by atoms with Gasteiger partial charge in [-0.2, -0.15) is 5.10 Å². The molecule has 1 aliphatic rings. The van der Waals surface area contributed by atoms with Crippen LogP contribution in [0.2, 0.25) is 0 Å². The smallest absolute Gasteiger partial charge is 0.246 e. The predicted molar refractivity (Wildman–Crippen MR) is 138 cm³/mol. The van der Waals surface area contributed by atoms with Crippen molar-refractivity contribution >= 4 is 17.9 Å². The molecule has 0 spiro atoms. The Morgan fingerprint density at radius 2 is 1.63 bits per heavy atom. The topological polar surface area (TPSA) is 67.2 Å². The van der Waals surface area contributed by atoms with Gasteiger partial charge < -0.3 is 9.80 Å². The summed E-state index contributed by atoms with van der Waals surface area (Å²) in [7, 11) is 0. The summed E-state index contributed by atoms with van der Waals surface area (Å²) < 4.78 is 1.94. The molecule has 7 nitrogen and oxygen atoms in total. The maximum atomic E-state index is 13.0. The molecule has 4 aromatic rings. The van der Waals surface area contributed by atoms with E-state index < -0.39 is 0 Å². The Kier molecular flexibility index (Phi) is 6.66. The van der Waals surface area contributed by atoms with Gasteiger partial charge in [0.15, 0.2) is 0 Å². The highest BCUT2D eigenvalue weighted by molar-refractivity contribution is 5.93. The summed E-state index contributed by atoms with van der Waals surface area (Å²) in [5.41, 5.74) is 5.21. The Balaban J connectivity index is 1.32. The zero-order valence-corrected chi connectivity index (χ0v) is 19.8. The molecular weight excluding hydrogens is 436 g/mol. The first-order chi connectivity index (χ1) is 17.2. The third-order valence-corrected chi connectivity index (χ3v) is 6.13. The van der Waals surface area contributed by atoms with Crippen LogP contribution in [0.4, 0.5) is 5.95 Å². The SMILES string of the molecule is Cc1ccc(-c2nn(Cc3ccccc3)cc2C=CC(=O)N2CCN(c3ncccn3)CC2)cc1. The number of amides is 1. The van der Waals surface area contributed by atoms with E-state index in [4.69, 9.17) is 5.10 Å². The van der Waals surface area contributed by atoms with Crippen LogP contribution in [-0.2, 0) is 11.3 Å². The molecule has 1 aliphatic heterocycles. The molecule has 1 amide bonds. The normalized spacial score (nSPS) is 14.0. The highest BCUT2D eigenvalue weighted by Gasteiger charge is 2.21. The lowest BCUT2D eigenvalue weighted by Gasteiger charge is -2.34. The van der Waals surface area contributed by atoms with Crippen LogP contribution in [-0.4, -0.2) is 56.7 Å². The van der Waals surface area contributed by atoms with Crippen LogP contribution in [0.5, 0.6) is 0 Å². The third kappa shape index (κ3) is 5.46. The number of rotatable bonds is 6. The molecule has 2 aromatic heterocycles. The van der Waals surface area contributed by atoms with Crippen LogP contribution >= 0.6 is 0 Å². The zero-order chi connectivity index (χ0) is 24.0. The van der Waals surface area contributed by atoms with Crippen molar-refractivity contribution in [1.29, 1.82) is 0 Å². The van der Waals surface area contributed by atoms with E-state index in [0.29, 0.717) is 38.7 Å². The number of carbonyl (C=O) groups excluding carboxylic acids is 1. The largest absolute Gasteiger partial charge is 0.337 e. The monoisotopic (exact) mass is 464 g/mol. The number of hydrogen-bond acceptors (Lipinski definition) is 5. The van der Waals surface area contributed by atoms with Crippen molar-refractivity contribution in [1.82, 2.24) is 24.6 Å². The van der Waals surface area contributed by atoms with E-state index in [1.54, 1.807) is 24.5 Å². The summed E-state index contributed by atoms with van der Waals surface area (Å²) in [4.78, 5) is 25.6. The number of nitrogens with zero attached hydrogens (tertiary/aromatic N) is 6. The summed E-state index contributed by atoms with van der Waals surface area (Å²) >= 11 is 0. The summed E-state index contributed by atoms with van der Waals surface area (Å²) in [6.45, 7) is 5.45. The Bertz CT molecular complexity index is 1290. The molecule has 2 aromatic carbocycles. The molecule has 0 unspecified atom stereocenters. The summed E-state index contributed by atoms with van der Waals surface area (Å²) in [6, 6.07) is 20.4. The number of carbonyl (C=O) groups is 1. The Labute approximate surface area is 205 Å². The molecule has 3 heterocycles. The highest BCUT2D eigenvalue weighted by atomic mass is 16.2. The lowest BCUT2D eigenvalue weighted by atomic mass is 10.1. The first-order valence-electron chi connectivity index (χ1n) is 11.8. The maximum absolute atomic E-state index is 13.0. The standard InChI is InChI=1S/C28H28N6O/c1-22-8-10-24(11-9-22)27-25(21-34(31-27)20-23-6-3-2-4-7-23)12-13-26(35)32-16-18-33(19-17-32)28-29-14-5-15-30-28/h2-15,21H,16-20H2,1H3. The van der Waals surface area contributed by atoms with Gasteiger partial charge in [0, 0.05) is 62.0 Å². The van der Waals surface area contributed by atoms with Gasteiger partial charge in [-0.1, -0.05) is 60.2 Å². The fraction of sp³-hybridized carbons (Fsp3) is 0.214. The average Bonchev–Trinajstić information content (AvgIpc) is 3.31. The Morgan fingerprint density at radius 1 is 0.914 bits per heavy atom. The zero-order valence-electron chi connectivity index (χ0n) is 19.8. The number of hydrogen-bond donors (Lipinski definition) is 0. The second-order valence-electron chi connectivity index (χ2n) is 8.68. The van der Waals surface area contributed by atoms with Crippen molar-refractivity contribution in [3.05, 3.63) is 102 Å².